The number of esters is 1. The lowest BCUT2D eigenvalue weighted by molar-refractivity contribution is -0.148. The molecule has 1 amide bonds. The molecule has 3 rings (SSSR count). The van der Waals surface area contributed by atoms with Crippen LogP contribution in [0.1, 0.15) is 24.0 Å². The average molecular weight is 442 g/mol. The van der Waals surface area contributed by atoms with Crippen molar-refractivity contribution in [1.29, 1.82) is 0 Å². The van der Waals surface area contributed by atoms with Crippen molar-refractivity contribution < 1.29 is 27.5 Å². The van der Waals surface area contributed by atoms with E-state index < -0.39 is 36.3 Å². The smallest absolute Gasteiger partial charge is 0.417 e. The number of hydrogen-bond acceptors (Lipinski definition) is 5. The van der Waals surface area contributed by atoms with Gasteiger partial charge in [-0.25, -0.2) is 9.78 Å². The lowest BCUT2D eigenvalue weighted by atomic mass is 10.2. The minimum Gasteiger partial charge on any atom is -0.454 e. The molecule has 1 N–H and O–H groups in total. The van der Waals surface area contributed by atoms with Crippen LogP contribution in [0, 0.1) is 6.92 Å². The van der Waals surface area contributed by atoms with Crippen LogP contribution in [0.2, 0.25) is 5.02 Å². The van der Waals surface area contributed by atoms with Crippen LogP contribution in [-0.4, -0.2) is 36.1 Å². The summed E-state index contributed by atoms with van der Waals surface area (Å²) in [6.07, 6.45) is -2.87. The zero-order valence-corrected chi connectivity index (χ0v) is 16.8. The molecule has 1 aromatic carbocycles. The summed E-state index contributed by atoms with van der Waals surface area (Å²) >= 11 is 6.00. The number of hydrogen-bond donors (Lipinski definition) is 1. The van der Waals surface area contributed by atoms with Crippen molar-refractivity contribution in [2.45, 2.75) is 32.0 Å². The summed E-state index contributed by atoms with van der Waals surface area (Å²) in [5, 5.41) is 2.42. The molecule has 1 fully saturated rings. The maximum absolute atomic E-state index is 12.8. The third-order valence-electron chi connectivity index (χ3n) is 4.59. The SMILES string of the molecule is Cc1cccc(NC(=O)COC(=O)C2CCCN2c2ncc(C(F)(F)F)cc2Cl)c1. The molecular formula is C20H19ClF3N3O3. The number of benzene rings is 1. The van der Waals surface area contributed by atoms with Crippen LogP contribution in [0.4, 0.5) is 24.7 Å². The molecule has 0 radical (unpaired) electrons. The largest absolute Gasteiger partial charge is 0.454 e. The molecule has 30 heavy (non-hydrogen) atoms. The van der Waals surface area contributed by atoms with Crippen molar-refractivity contribution in [2.75, 3.05) is 23.4 Å². The predicted octanol–water partition coefficient (Wildman–Crippen LogP) is 4.21. The van der Waals surface area contributed by atoms with Gasteiger partial charge in [0.15, 0.2) is 6.61 Å². The van der Waals surface area contributed by atoms with Crippen LogP contribution in [0.5, 0.6) is 0 Å². The number of amides is 1. The van der Waals surface area contributed by atoms with E-state index in [4.69, 9.17) is 16.3 Å². The number of carbonyl (C=O) groups excluding carboxylic acids is 2. The fourth-order valence-electron chi connectivity index (χ4n) is 3.22. The number of ether oxygens (including phenoxy) is 1. The van der Waals surface area contributed by atoms with Gasteiger partial charge in [0.2, 0.25) is 0 Å². The third-order valence-corrected chi connectivity index (χ3v) is 4.87. The highest BCUT2D eigenvalue weighted by Gasteiger charge is 2.36. The van der Waals surface area contributed by atoms with Crippen LogP contribution >= 0.6 is 11.6 Å². The van der Waals surface area contributed by atoms with E-state index in [9.17, 15) is 22.8 Å². The van der Waals surface area contributed by atoms with E-state index in [1.54, 1.807) is 18.2 Å². The van der Waals surface area contributed by atoms with Gasteiger partial charge in [-0.15, -0.1) is 0 Å². The molecular weight excluding hydrogens is 423 g/mol. The van der Waals surface area contributed by atoms with Gasteiger partial charge in [0.05, 0.1) is 10.6 Å². The zero-order valence-electron chi connectivity index (χ0n) is 16.0. The van der Waals surface area contributed by atoms with Gasteiger partial charge in [-0.05, 0) is 43.5 Å². The van der Waals surface area contributed by atoms with Crippen molar-refractivity contribution in [2.24, 2.45) is 0 Å². The van der Waals surface area contributed by atoms with Crippen molar-refractivity contribution in [3.05, 3.63) is 52.7 Å². The van der Waals surface area contributed by atoms with Gasteiger partial charge in [0, 0.05) is 18.4 Å². The van der Waals surface area contributed by atoms with Gasteiger partial charge in [0.25, 0.3) is 5.91 Å². The lowest BCUT2D eigenvalue weighted by Gasteiger charge is -2.25. The molecule has 160 valence electrons. The summed E-state index contributed by atoms with van der Waals surface area (Å²) in [7, 11) is 0. The highest BCUT2D eigenvalue weighted by atomic mass is 35.5. The van der Waals surface area contributed by atoms with E-state index in [0.717, 1.165) is 11.6 Å². The topological polar surface area (TPSA) is 71.5 Å². The highest BCUT2D eigenvalue weighted by molar-refractivity contribution is 6.33. The second kappa shape index (κ2) is 8.91. The molecule has 1 aromatic heterocycles. The molecule has 6 nitrogen and oxygen atoms in total. The Kier molecular flexibility index (Phi) is 6.50. The van der Waals surface area contributed by atoms with Gasteiger partial charge < -0.3 is 15.0 Å². The number of alkyl halides is 3. The first-order valence-corrected chi connectivity index (χ1v) is 9.55. The first kappa shape index (κ1) is 21.9. The summed E-state index contributed by atoms with van der Waals surface area (Å²) < 4.78 is 43.6. The van der Waals surface area contributed by atoms with E-state index in [1.165, 1.54) is 4.90 Å². The number of rotatable bonds is 5. The molecule has 0 saturated carbocycles. The molecule has 0 aliphatic carbocycles. The molecule has 1 aliphatic heterocycles. The molecule has 2 aromatic rings. The van der Waals surface area contributed by atoms with Crippen LogP contribution in [0.15, 0.2) is 36.5 Å². The third kappa shape index (κ3) is 5.21. The number of nitrogens with zero attached hydrogens (tertiary/aromatic N) is 2. The van der Waals surface area contributed by atoms with E-state index >= 15 is 0 Å². The Morgan fingerprint density at radius 1 is 1.33 bits per heavy atom. The number of nitrogens with one attached hydrogen (secondary N) is 1. The van der Waals surface area contributed by atoms with Crippen molar-refractivity contribution in [3.63, 3.8) is 0 Å². The van der Waals surface area contributed by atoms with E-state index in [1.807, 2.05) is 13.0 Å². The lowest BCUT2D eigenvalue weighted by Crippen LogP contribution is -2.39. The van der Waals surface area contributed by atoms with Gasteiger partial charge in [-0.3, -0.25) is 4.79 Å². The van der Waals surface area contributed by atoms with Crippen LogP contribution in [-0.2, 0) is 20.5 Å². The van der Waals surface area contributed by atoms with Gasteiger partial charge in [-0.1, -0.05) is 23.7 Å². The maximum atomic E-state index is 12.8. The first-order chi connectivity index (χ1) is 14.1. The Bertz CT molecular complexity index is 952. The minimum atomic E-state index is -4.57. The minimum absolute atomic E-state index is 0.0772. The number of halogens is 4. The fraction of sp³-hybridized carbons (Fsp3) is 0.350. The number of pyridine rings is 1. The summed E-state index contributed by atoms with van der Waals surface area (Å²) in [6.45, 7) is 1.78. The molecule has 1 unspecified atom stereocenters. The van der Waals surface area contributed by atoms with Gasteiger partial charge in [-0.2, -0.15) is 13.2 Å². The Balaban J connectivity index is 1.62. The molecule has 0 bridgehead atoms. The van der Waals surface area contributed by atoms with Crippen LogP contribution in [0.25, 0.3) is 0 Å². The van der Waals surface area contributed by atoms with E-state index in [-0.39, 0.29) is 10.8 Å². The summed E-state index contributed by atoms with van der Waals surface area (Å²) in [6, 6.07) is 7.15. The van der Waals surface area contributed by atoms with Crippen molar-refractivity contribution in [1.82, 2.24) is 4.98 Å². The number of anilines is 2. The average Bonchev–Trinajstić information content (AvgIpc) is 3.15. The maximum Gasteiger partial charge on any atom is 0.417 e. The monoisotopic (exact) mass is 441 g/mol. The van der Waals surface area contributed by atoms with E-state index in [0.29, 0.717) is 31.3 Å². The fourth-order valence-corrected chi connectivity index (χ4v) is 3.49. The molecule has 1 aliphatic rings. The number of aryl methyl sites for hydroxylation is 1. The molecule has 2 heterocycles. The Hall–Kier alpha value is -2.81. The Morgan fingerprint density at radius 3 is 2.77 bits per heavy atom. The quantitative estimate of drug-likeness (QED) is 0.704. The normalized spacial score (nSPS) is 16.4. The first-order valence-electron chi connectivity index (χ1n) is 9.17. The molecule has 10 heteroatoms. The Labute approximate surface area is 176 Å². The summed E-state index contributed by atoms with van der Waals surface area (Å²) in [4.78, 5) is 29.8. The predicted molar refractivity (Wildman–Crippen MR) is 105 cm³/mol. The molecule has 1 atom stereocenters. The Morgan fingerprint density at radius 2 is 2.10 bits per heavy atom. The number of carbonyl (C=O) groups is 2. The zero-order chi connectivity index (χ0) is 21.9. The van der Waals surface area contributed by atoms with E-state index in [2.05, 4.69) is 10.3 Å². The summed E-state index contributed by atoms with van der Waals surface area (Å²) in [5.74, 6) is -1.08. The van der Waals surface area contributed by atoms with Gasteiger partial charge in [0.1, 0.15) is 11.9 Å². The highest BCUT2D eigenvalue weighted by Crippen LogP contribution is 2.35. The summed E-state index contributed by atoms with van der Waals surface area (Å²) in [5.41, 5.74) is 0.578. The van der Waals surface area contributed by atoms with Gasteiger partial charge >= 0.3 is 12.1 Å². The molecule has 0 spiro atoms. The second-order valence-electron chi connectivity index (χ2n) is 6.90. The second-order valence-corrected chi connectivity index (χ2v) is 7.31. The molecule has 1 saturated heterocycles. The standard InChI is InChI=1S/C20H19ClF3N3O3/c1-12-4-2-5-14(8-12)26-17(28)11-30-19(29)16-6-3-7-27(16)18-15(21)9-13(10-25-18)20(22,23)24/h2,4-5,8-10,16H,3,6-7,11H2,1H3,(H,26,28). The number of aromatic nitrogens is 1. The van der Waals surface area contributed by atoms with Crippen LogP contribution < -0.4 is 10.2 Å². The van der Waals surface area contributed by atoms with Crippen LogP contribution in [0.3, 0.4) is 0 Å². The van der Waals surface area contributed by atoms with Crippen molar-refractivity contribution >= 4 is 35.0 Å². The van der Waals surface area contributed by atoms with Crippen molar-refractivity contribution in [3.8, 4) is 0 Å².